The molecule has 1 atom stereocenters. The van der Waals surface area contributed by atoms with Gasteiger partial charge in [0.25, 0.3) is 0 Å². The number of aromatic nitrogens is 3. The van der Waals surface area contributed by atoms with Gasteiger partial charge in [-0.15, -0.1) is 5.10 Å². The molecule has 0 aliphatic rings. The van der Waals surface area contributed by atoms with E-state index in [1.54, 1.807) is 6.92 Å². The standard InChI is InChI=1S/C12H12BrN3O2S/c1-7(11(17)18-2)19-12-14-10(15-16-12)8-3-5-9(13)6-4-8/h3-7H,1-2H3,(H,14,15,16)/t7-/m1/s1. The Kier molecular flexibility index (Phi) is 4.60. The maximum atomic E-state index is 11.3. The number of hydrogen-bond donors (Lipinski definition) is 1. The van der Waals surface area contributed by atoms with Gasteiger partial charge in [-0.1, -0.05) is 39.8 Å². The molecule has 0 bridgehead atoms. The molecule has 0 saturated carbocycles. The van der Waals surface area contributed by atoms with Crippen molar-refractivity contribution < 1.29 is 9.53 Å². The summed E-state index contributed by atoms with van der Waals surface area (Å²) in [5.41, 5.74) is 0.938. The van der Waals surface area contributed by atoms with Crippen LogP contribution in [0.1, 0.15) is 6.92 Å². The summed E-state index contributed by atoms with van der Waals surface area (Å²) in [4.78, 5) is 15.7. The maximum absolute atomic E-state index is 11.3. The van der Waals surface area contributed by atoms with Crippen LogP contribution < -0.4 is 0 Å². The molecule has 0 radical (unpaired) electrons. The molecule has 0 aliphatic carbocycles. The normalized spacial score (nSPS) is 12.2. The summed E-state index contributed by atoms with van der Waals surface area (Å²) >= 11 is 4.64. The van der Waals surface area contributed by atoms with E-state index in [1.807, 2.05) is 24.3 Å². The molecule has 0 aliphatic heterocycles. The predicted octanol–water partition coefficient (Wildman–Crippen LogP) is 2.89. The van der Waals surface area contributed by atoms with Crippen LogP contribution in [0, 0.1) is 0 Å². The number of aromatic amines is 1. The van der Waals surface area contributed by atoms with E-state index in [0.29, 0.717) is 11.0 Å². The Hall–Kier alpha value is -1.34. The van der Waals surface area contributed by atoms with Crippen molar-refractivity contribution in [3.8, 4) is 11.4 Å². The van der Waals surface area contributed by atoms with E-state index >= 15 is 0 Å². The van der Waals surface area contributed by atoms with Gasteiger partial charge in [0.2, 0.25) is 5.16 Å². The Balaban J connectivity index is 2.11. The monoisotopic (exact) mass is 341 g/mol. The molecule has 1 N–H and O–H groups in total. The molecule has 0 fully saturated rings. The molecule has 0 saturated heterocycles. The molecular formula is C12H12BrN3O2S. The molecule has 2 aromatic rings. The number of hydrogen-bond acceptors (Lipinski definition) is 5. The van der Waals surface area contributed by atoms with Gasteiger partial charge in [-0.05, 0) is 19.1 Å². The van der Waals surface area contributed by atoms with E-state index in [9.17, 15) is 4.79 Å². The van der Waals surface area contributed by atoms with Crippen molar-refractivity contribution in [2.45, 2.75) is 17.3 Å². The summed E-state index contributed by atoms with van der Waals surface area (Å²) in [6, 6.07) is 7.73. The predicted molar refractivity (Wildman–Crippen MR) is 76.9 cm³/mol. The number of carbonyl (C=O) groups excluding carboxylic acids is 1. The van der Waals surface area contributed by atoms with Crippen LogP contribution in [0.15, 0.2) is 33.9 Å². The molecule has 2 rings (SSSR count). The maximum Gasteiger partial charge on any atom is 0.318 e. The van der Waals surface area contributed by atoms with Crippen LogP contribution in [0.5, 0.6) is 0 Å². The van der Waals surface area contributed by atoms with E-state index in [4.69, 9.17) is 0 Å². The summed E-state index contributed by atoms with van der Waals surface area (Å²) in [5.74, 6) is 0.382. The fourth-order valence-electron chi connectivity index (χ4n) is 1.41. The number of benzene rings is 1. The molecule has 0 amide bonds. The van der Waals surface area contributed by atoms with Crippen LogP contribution in [0.3, 0.4) is 0 Å². The second-order valence-electron chi connectivity index (χ2n) is 3.76. The topological polar surface area (TPSA) is 67.9 Å². The Morgan fingerprint density at radius 1 is 1.42 bits per heavy atom. The number of carbonyl (C=O) groups is 1. The Morgan fingerprint density at radius 3 is 2.74 bits per heavy atom. The van der Waals surface area contributed by atoms with Gasteiger partial charge in [0, 0.05) is 10.0 Å². The first kappa shape index (κ1) is 14.1. The van der Waals surface area contributed by atoms with Crippen LogP contribution in [-0.2, 0) is 9.53 Å². The molecule has 1 aromatic carbocycles. The molecule has 1 aromatic heterocycles. The van der Waals surface area contributed by atoms with Gasteiger partial charge < -0.3 is 4.74 Å². The van der Waals surface area contributed by atoms with Gasteiger partial charge in [-0.2, -0.15) is 0 Å². The number of nitrogens with zero attached hydrogens (tertiary/aromatic N) is 2. The minimum Gasteiger partial charge on any atom is -0.468 e. The number of H-pyrrole nitrogens is 1. The molecule has 0 spiro atoms. The zero-order chi connectivity index (χ0) is 13.8. The van der Waals surface area contributed by atoms with Crippen LogP contribution in [-0.4, -0.2) is 33.5 Å². The van der Waals surface area contributed by atoms with Gasteiger partial charge in [0.05, 0.1) is 7.11 Å². The average Bonchev–Trinajstić information content (AvgIpc) is 2.87. The van der Waals surface area contributed by atoms with Gasteiger partial charge in [-0.25, -0.2) is 4.98 Å². The quantitative estimate of drug-likeness (QED) is 0.684. The largest absolute Gasteiger partial charge is 0.468 e. The van der Waals surface area contributed by atoms with Crippen molar-refractivity contribution in [2.24, 2.45) is 0 Å². The number of esters is 1. The number of thioether (sulfide) groups is 1. The van der Waals surface area contributed by atoms with Crippen molar-refractivity contribution in [1.29, 1.82) is 0 Å². The van der Waals surface area contributed by atoms with E-state index in [-0.39, 0.29) is 11.2 Å². The van der Waals surface area contributed by atoms with Crippen molar-refractivity contribution in [2.75, 3.05) is 7.11 Å². The lowest BCUT2D eigenvalue weighted by molar-refractivity contribution is -0.139. The van der Waals surface area contributed by atoms with Crippen molar-refractivity contribution in [3.05, 3.63) is 28.7 Å². The highest BCUT2D eigenvalue weighted by atomic mass is 79.9. The third kappa shape index (κ3) is 3.57. The summed E-state index contributed by atoms with van der Waals surface area (Å²) in [6.07, 6.45) is 0. The highest BCUT2D eigenvalue weighted by Crippen LogP contribution is 2.24. The van der Waals surface area contributed by atoms with E-state index in [2.05, 4.69) is 35.8 Å². The van der Waals surface area contributed by atoms with E-state index in [0.717, 1.165) is 10.0 Å². The molecule has 0 unspecified atom stereocenters. The Morgan fingerprint density at radius 2 is 2.11 bits per heavy atom. The SMILES string of the molecule is COC(=O)[C@@H](C)Sc1n[nH]c(-c2ccc(Br)cc2)n1. The minimum absolute atomic E-state index is 0.292. The number of nitrogens with one attached hydrogen (secondary N) is 1. The first-order valence-corrected chi connectivity index (χ1v) is 7.20. The lowest BCUT2D eigenvalue weighted by Crippen LogP contribution is -2.14. The minimum atomic E-state index is -0.335. The van der Waals surface area contributed by atoms with E-state index < -0.39 is 0 Å². The second-order valence-corrected chi connectivity index (χ2v) is 5.98. The first-order valence-electron chi connectivity index (χ1n) is 5.53. The van der Waals surface area contributed by atoms with Crippen LogP contribution >= 0.6 is 27.7 Å². The van der Waals surface area contributed by atoms with Gasteiger partial charge >= 0.3 is 5.97 Å². The highest BCUT2D eigenvalue weighted by Gasteiger charge is 2.17. The molecule has 19 heavy (non-hydrogen) atoms. The smallest absolute Gasteiger partial charge is 0.318 e. The van der Waals surface area contributed by atoms with Crippen LogP contribution in [0.25, 0.3) is 11.4 Å². The molecule has 5 nitrogen and oxygen atoms in total. The number of halogens is 1. The zero-order valence-corrected chi connectivity index (χ0v) is 12.8. The van der Waals surface area contributed by atoms with Crippen molar-refractivity contribution in [1.82, 2.24) is 15.2 Å². The van der Waals surface area contributed by atoms with Gasteiger partial charge in [0.15, 0.2) is 5.82 Å². The summed E-state index contributed by atoms with van der Waals surface area (Å²) in [7, 11) is 1.37. The molecule has 100 valence electrons. The number of methoxy groups -OCH3 is 1. The number of ether oxygens (including phenoxy) is 1. The fourth-order valence-corrected chi connectivity index (χ4v) is 2.42. The summed E-state index contributed by atoms with van der Waals surface area (Å²) < 4.78 is 5.66. The summed E-state index contributed by atoms with van der Waals surface area (Å²) in [5, 5.41) is 7.12. The Bertz CT molecular complexity index is 571. The molecule has 7 heteroatoms. The number of rotatable bonds is 4. The molecular weight excluding hydrogens is 330 g/mol. The third-order valence-corrected chi connectivity index (χ3v) is 3.87. The average molecular weight is 342 g/mol. The zero-order valence-electron chi connectivity index (χ0n) is 10.4. The Labute approximate surface area is 123 Å². The summed E-state index contributed by atoms with van der Waals surface area (Å²) in [6.45, 7) is 1.76. The lowest BCUT2D eigenvalue weighted by Gasteiger charge is -2.04. The molecule has 1 heterocycles. The van der Waals surface area contributed by atoms with Gasteiger partial charge in [-0.3, -0.25) is 9.89 Å². The second kappa shape index (κ2) is 6.21. The highest BCUT2D eigenvalue weighted by molar-refractivity contribution is 9.10. The lowest BCUT2D eigenvalue weighted by atomic mass is 10.2. The fraction of sp³-hybridized carbons (Fsp3) is 0.250. The van der Waals surface area contributed by atoms with Crippen molar-refractivity contribution >= 4 is 33.7 Å². The first-order chi connectivity index (χ1) is 9.10. The van der Waals surface area contributed by atoms with Crippen LogP contribution in [0.4, 0.5) is 0 Å². The van der Waals surface area contributed by atoms with Crippen molar-refractivity contribution in [3.63, 3.8) is 0 Å². The van der Waals surface area contributed by atoms with Gasteiger partial charge in [0.1, 0.15) is 5.25 Å². The third-order valence-electron chi connectivity index (χ3n) is 2.40. The van der Waals surface area contributed by atoms with Crippen LogP contribution in [0.2, 0.25) is 0 Å². The van der Waals surface area contributed by atoms with E-state index in [1.165, 1.54) is 18.9 Å².